The minimum Gasteiger partial charge on any atom is -0.303 e. The van der Waals surface area contributed by atoms with Gasteiger partial charge in [-0.05, 0) is 17.0 Å². The Bertz CT molecular complexity index is 432. The fraction of sp³-hybridized carbons (Fsp3) is 0.0909. The van der Waals surface area contributed by atoms with Crippen molar-refractivity contribution in [2.75, 3.05) is 0 Å². The van der Waals surface area contributed by atoms with Gasteiger partial charge in [0.1, 0.15) is 6.29 Å². The topological polar surface area (TPSA) is 30.0 Å². The highest BCUT2D eigenvalue weighted by molar-refractivity contribution is 5.86. The van der Waals surface area contributed by atoms with Crippen molar-refractivity contribution in [3.05, 3.63) is 42.2 Å². The molecule has 0 radical (unpaired) electrons. The number of benzene rings is 1. The summed E-state index contributed by atoms with van der Waals surface area (Å²) in [6.45, 7) is 0. The Hall–Kier alpha value is -1.70. The van der Waals surface area contributed by atoms with Crippen molar-refractivity contribution in [1.82, 2.24) is 4.98 Å². The predicted octanol–water partition coefficient (Wildman–Crippen LogP) is 1.98. The highest BCUT2D eigenvalue weighted by Crippen LogP contribution is 2.16. The molecule has 64 valence electrons. The van der Waals surface area contributed by atoms with Crippen LogP contribution in [0.1, 0.15) is 5.56 Å². The number of aromatic nitrogens is 1. The maximum atomic E-state index is 10.4. The highest BCUT2D eigenvalue weighted by Gasteiger charge is 1.98. The molecule has 13 heavy (non-hydrogen) atoms. The van der Waals surface area contributed by atoms with E-state index in [-0.39, 0.29) is 0 Å². The second-order valence-electron chi connectivity index (χ2n) is 2.88. The summed E-state index contributed by atoms with van der Waals surface area (Å²) < 4.78 is 0. The summed E-state index contributed by atoms with van der Waals surface area (Å²) in [6, 6.07) is 7.85. The minimum absolute atomic E-state index is 0.474. The van der Waals surface area contributed by atoms with Crippen LogP contribution in [0.15, 0.2) is 36.7 Å². The van der Waals surface area contributed by atoms with Crippen LogP contribution in [0.3, 0.4) is 0 Å². The predicted molar refractivity (Wildman–Crippen MR) is 51.5 cm³/mol. The van der Waals surface area contributed by atoms with Gasteiger partial charge in [-0.15, -0.1) is 0 Å². The molecule has 0 N–H and O–H groups in total. The molecule has 0 amide bonds. The van der Waals surface area contributed by atoms with Gasteiger partial charge in [-0.2, -0.15) is 0 Å². The van der Waals surface area contributed by atoms with Crippen LogP contribution in [-0.2, 0) is 11.2 Å². The van der Waals surface area contributed by atoms with Gasteiger partial charge >= 0.3 is 0 Å². The molecule has 0 fully saturated rings. The van der Waals surface area contributed by atoms with E-state index in [2.05, 4.69) is 4.98 Å². The quantitative estimate of drug-likeness (QED) is 0.646. The lowest BCUT2D eigenvalue weighted by Crippen LogP contribution is -1.87. The molecule has 1 aromatic carbocycles. The van der Waals surface area contributed by atoms with Crippen LogP contribution in [0.4, 0.5) is 0 Å². The van der Waals surface area contributed by atoms with E-state index in [1.165, 1.54) is 0 Å². The standard InChI is InChI=1S/C11H9NO/c13-7-5-9-2-1-3-10-8-12-6-4-11(9)10/h1-4,6-8H,5H2. The van der Waals surface area contributed by atoms with Gasteiger partial charge in [-0.1, -0.05) is 18.2 Å². The molecule has 0 saturated carbocycles. The average Bonchev–Trinajstić information content (AvgIpc) is 2.19. The number of pyridine rings is 1. The Morgan fingerprint density at radius 2 is 2.23 bits per heavy atom. The first-order chi connectivity index (χ1) is 6.42. The molecule has 2 rings (SSSR count). The van der Waals surface area contributed by atoms with Crippen molar-refractivity contribution < 1.29 is 4.79 Å². The third-order valence-electron chi connectivity index (χ3n) is 2.07. The monoisotopic (exact) mass is 171 g/mol. The number of hydrogen-bond acceptors (Lipinski definition) is 2. The lowest BCUT2D eigenvalue weighted by Gasteiger charge is -2.01. The SMILES string of the molecule is O=CCc1cccc2cnccc12. The summed E-state index contributed by atoms with van der Waals surface area (Å²) in [5.41, 5.74) is 1.06. The number of carbonyl (C=O) groups excluding carboxylic acids is 1. The number of hydrogen-bond donors (Lipinski definition) is 0. The van der Waals surface area contributed by atoms with E-state index in [9.17, 15) is 4.79 Å². The Balaban J connectivity index is 2.68. The molecule has 0 saturated heterocycles. The van der Waals surface area contributed by atoms with Crippen LogP contribution in [0, 0.1) is 0 Å². The number of rotatable bonds is 2. The molecule has 2 nitrogen and oxygen atoms in total. The summed E-state index contributed by atoms with van der Waals surface area (Å²) in [6.07, 6.45) is 4.96. The Kier molecular flexibility index (Phi) is 2.04. The second-order valence-corrected chi connectivity index (χ2v) is 2.88. The van der Waals surface area contributed by atoms with Gasteiger partial charge in [-0.25, -0.2) is 0 Å². The van der Waals surface area contributed by atoms with Crippen molar-refractivity contribution in [3.8, 4) is 0 Å². The number of fused-ring (bicyclic) bond motifs is 1. The van der Waals surface area contributed by atoms with Crippen molar-refractivity contribution >= 4 is 17.1 Å². The zero-order valence-electron chi connectivity index (χ0n) is 7.10. The molecule has 0 aliphatic carbocycles. The first-order valence-corrected chi connectivity index (χ1v) is 4.17. The number of nitrogens with zero attached hydrogens (tertiary/aromatic N) is 1. The molecule has 0 unspecified atom stereocenters. The zero-order valence-corrected chi connectivity index (χ0v) is 7.10. The van der Waals surface area contributed by atoms with Crippen molar-refractivity contribution in [1.29, 1.82) is 0 Å². The third kappa shape index (κ3) is 1.43. The molecule has 0 bridgehead atoms. The normalized spacial score (nSPS) is 10.2. The molecule has 2 heteroatoms. The molecular formula is C11H9NO. The average molecular weight is 171 g/mol. The summed E-state index contributed by atoms with van der Waals surface area (Å²) in [4.78, 5) is 14.4. The van der Waals surface area contributed by atoms with E-state index in [4.69, 9.17) is 0 Å². The Morgan fingerprint density at radius 1 is 1.31 bits per heavy atom. The van der Waals surface area contributed by atoms with Gasteiger partial charge in [0.15, 0.2) is 0 Å². The molecule has 2 aromatic rings. The van der Waals surface area contributed by atoms with Crippen molar-refractivity contribution in [2.24, 2.45) is 0 Å². The smallest absolute Gasteiger partial charge is 0.124 e. The fourth-order valence-corrected chi connectivity index (χ4v) is 1.46. The van der Waals surface area contributed by atoms with Gasteiger partial charge in [0.05, 0.1) is 0 Å². The highest BCUT2D eigenvalue weighted by atomic mass is 16.1. The van der Waals surface area contributed by atoms with E-state index >= 15 is 0 Å². The molecule has 0 atom stereocenters. The largest absolute Gasteiger partial charge is 0.303 e. The molecular weight excluding hydrogens is 162 g/mol. The Morgan fingerprint density at radius 3 is 3.08 bits per heavy atom. The summed E-state index contributed by atoms with van der Waals surface area (Å²) in [7, 11) is 0. The van der Waals surface area contributed by atoms with E-state index in [1.807, 2.05) is 30.5 Å². The molecule has 1 aromatic heterocycles. The van der Waals surface area contributed by atoms with Gasteiger partial charge in [0.25, 0.3) is 0 Å². The molecule has 0 aliphatic heterocycles. The fourth-order valence-electron chi connectivity index (χ4n) is 1.46. The lowest BCUT2D eigenvalue weighted by atomic mass is 10.1. The number of carbonyl (C=O) groups is 1. The summed E-state index contributed by atoms with van der Waals surface area (Å²) >= 11 is 0. The second kappa shape index (κ2) is 3.35. The first kappa shape index (κ1) is 7.92. The van der Waals surface area contributed by atoms with E-state index in [0.717, 1.165) is 22.6 Å². The van der Waals surface area contributed by atoms with E-state index < -0.39 is 0 Å². The van der Waals surface area contributed by atoms with Gasteiger partial charge in [-0.3, -0.25) is 4.98 Å². The van der Waals surface area contributed by atoms with Crippen molar-refractivity contribution in [3.63, 3.8) is 0 Å². The zero-order chi connectivity index (χ0) is 9.10. The Labute approximate surface area is 76.2 Å². The van der Waals surface area contributed by atoms with Crippen molar-refractivity contribution in [2.45, 2.75) is 6.42 Å². The number of aldehydes is 1. The molecule has 0 aliphatic rings. The van der Waals surface area contributed by atoms with Crippen LogP contribution in [0.2, 0.25) is 0 Å². The van der Waals surface area contributed by atoms with Crippen LogP contribution in [0.25, 0.3) is 10.8 Å². The summed E-state index contributed by atoms with van der Waals surface area (Å²) in [5, 5.41) is 2.20. The maximum Gasteiger partial charge on any atom is 0.124 e. The van der Waals surface area contributed by atoms with Gasteiger partial charge < -0.3 is 4.79 Å². The van der Waals surface area contributed by atoms with Crippen LogP contribution in [0.5, 0.6) is 0 Å². The maximum absolute atomic E-state index is 10.4. The van der Waals surface area contributed by atoms with Gasteiger partial charge in [0.2, 0.25) is 0 Å². The van der Waals surface area contributed by atoms with E-state index in [1.54, 1.807) is 6.20 Å². The molecule has 1 heterocycles. The summed E-state index contributed by atoms with van der Waals surface area (Å²) in [5.74, 6) is 0. The third-order valence-corrected chi connectivity index (χ3v) is 2.07. The van der Waals surface area contributed by atoms with Crippen LogP contribution in [-0.4, -0.2) is 11.3 Å². The van der Waals surface area contributed by atoms with Crippen LogP contribution < -0.4 is 0 Å². The molecule has 0 spiro atoms. The first-order valence-electron chi connectivity index (χ1n) is 4.17. The minimum atomic E-state index is 0.474. The van der Waals surface area contributed by atoms with Crippen LogP contribution >= 0.6 is 0 Å². The van der Waals surface area contributed by atoms with E-state index in [0.29, 0.717) is 6.42 Å². The lowest BCUT2D eigenvalue weighted by molar-refractivity contribution is -0.107. The van der Waals surface area contributed by atoms with Gasteiger partial charge in [0, 0.05) is 24.2 Å².